The summed E-state index contributed by atoms with van der Waals surface area (Å²) in [6, 6.07) is 13.2. The Bertz CT molecular complexity index is 810. The average molecular weight is 374 g/mol. The predicted molar refractivity (Wildman–Crippen MR) is 98.2 cm³/mol. The summed E-state index contributed by atoms with van der Waals surface area (Å²) in [5.74, 6) is -1.24. The molecule has 26 heavy (non-hydrogen) atoms. The van der Waals surface area contributed by atoms with E-state index >= 15 is 0 Å². The highest BCUT2D eigenvalue weighted by Gasteiger charge is 2.19. The number of nitrogens with zero attached hydrogens (tertiary/aromatic N) is 1. The van der Waals surface area contributed by atoms with E-state index in [0.29, 0.717) is 4.90 Å². The second kappa shape index (κ2) is 9.00. The standard InChI is InChI=1S/C18H18N2O5S/c1-12(13-6-4-3-5-7-13)19-17(21)11-25-18(22)14-8-9-16(26-2)15(10-14)20(23)24/h3-10,12H,11H2,1-2H3,(H,19,21)/t12-/m0/s1. The minimum Gasteiger partial charge on any atom is -0.452 e. The molecule has 0 unspecified atom stereocenters. The van der Waals surface area contributed by atoms with E-state index in [0.717, 1.165) is 11.6 Å². The highest BCUT2D eigenvalue weighted by Crippen LogP contribution is 2.28. The summed E-state index contributed by atoms with van der Waals surface area (Å²) in [7, 11) is 0. The van der Waals surface area contributed by atoms with Gasteiger partial charge >= 0.3 is 5.97 Å². The molecule has 0 aliphatic heterocycles. The zero-order chi connectivity index (χ0) is 19.1. The Hall–Kier alpha value is -2.87. The van der Waals surface area contributed by atoms with Crippen molar-refractivity contribution in [3.63, 3.8) is 0 Å². The molecule has 0 saturated heterocycles. The van der Waals surface area contributed by atoms with Crippen LogP contribution in [0.4, 0.5) is 5.69 Å². The van der Waals surface area contributed by atoms with Gasteiger partial charge in [-0.3, -0.25) is 14.9 Å². The minimum atomic E-state index is -0.789. The minimum absolute atomic E-state index is 0.0263. The van der Waals surface area contributed by atoms with Crippen LogP contribution in [0.25, 0.3) is 0 Å². The summed E-state index contributed by atoms with van der Waals surface area (Å²) in [5.41, 5.74) is 0.781. The van der Waals surface area contributed by atoms with Gasteiger partial charge in [-0.2, -0.15) is 0 Å². The van der Waals surface area contributed by atoms with Gasteiger partial charge in [-0.1, -0.05) is 30.3 Å². The van der Waals surface area contributed by atoms with Crippen LogP contribution in [0.3, 0.4) is 0 Å². The Balaban J connectivity index is 1.95. The molecule has 1 N–H and O–H groups in total. The normalized spacial score (nSPS) is 11.5. The molecule has 0 aliphatic carbocycles. The Morgan fingerprint density at radius 2 is 1.92 bits per heavy atom. The van der Waals surface area contributed by atoms with Crippen molar-refractivity contribution in [1.82, 2.24) is 5.32 Å². The van der Waals surface area contributed by atoms with Crippen molar-refractivity contribution in [2.24, 2.45) is 0 Å². The summed E-state index contributed by atoms with van der Waals surface area (Å²) in [6.07, 6.45) is 1.71. The quantitative estimate of drug-likeness (QED) is 0.345. The summed E-state index contributed by atoms with van der Waals surface area (Å²) >= 11 is 1.21. The molecule has 0 fully saturated rings. The zero-order valence-corrected chi connectivity index (χ0v) is 15.1. The van der Waals surface area contributed by atoms with Crippen molar-refractivity contribution < 1.29 is 19.2 Å². The molecule has 0 bridgehead atoms. The average Bonchev–Trinajstić information content (AvgIpc) is 2.66. The molecule has 2 rings (SSSR count). The molecule has 8 heteroatoms. The van der Waals surface area contributed by atoms with Crippen LogP contribution in [0, 0.1) is 10.1 Å². The van der Waals surface area contributed by atoms with Crippen LogP contribution in [0.15, 0.2) is 53.4 Å². The number of thioether (sulfide) groups is 1. The lowest BCUT2D eigenvalue weighted by Gasteiger charge is -2.14. The first kappa shape index (κ1) is 19.5. The van der Waals surface area contributed by atoms with Crippen LogP contribution < -0.4 is 5.32 Å². The molecule has 1 atom stereocenters. The van der Waals surface area contributed by atoms with Gasteiger partial charge < -0.3 is 10.1 Å². The molecule has 0 spiro atoms. The predicted octanol–water partition coefficient (Wildman–Crippen LogP) is 3.35. The van der Waals surface area contributed by atoms with Crippen molar-refractivity contribution in [3.8, 4) is 0 Å². The molecule has 2 aromatic carbocycles. The lowest BCUT2D eigenvalue weighted by molar-refractivity contribution is -0.387. The number of ether oxygens (including phenoxy) is 1. The van der Waals surface area contributed by atoms with E-state index < -0.39 is 23.4 Å². The van der Waals surface area contributed by atoms with Gasteiger partial charge in [-0.05, 0) is 30.9 Å². The van der Waals surface area contributed by atoms with Gasteiger partial charge in [0, 0.05) is 6.07 Å². The van der Waals surface area contributed by atoms with Crippen molar-refractivity contribution in [1.29, 1.82) is 0 Å². The van der Waals surface area contributed by atoms with E-state index in [4.69, 9.17) is 4.74 Å². The third-order valence-corrected chi connectivity index (χ3v) is 4.41. The fraction of sp³-hybridized carbons (Fsp3) is 0.222. The van der Waals surface area contributed by atoms with Gasteiger partial charge in [0.05, 0.1) is 21.4 Å². The molecule has 2 aromatic rings. The Morgan fingerprint density at radius 3 is 2.54 bits per heavy atom. The van der Waals surface area contributed by atoms with Gasteiger partial charge in [-0.15, -0.1) is 11.8 Å². The lowest BCUT2D eigenvalue weighted by atomic mass is 10.1. The van der Waals surface area contributed by atoms with Crippen LogP contribution in [0.2, 0.25) is 0 Å². The Morgan fingerprint density at radius 1 is 1.23 bits per heavy atom. The summed E-state index contributed by atoms with van der Waals surface area (Å²) in [6.45, 7) is 1.35. The fourth-order valence-corrected chi connectivity index (χ4v) is 2.83. The molecule has 0 aliphatic rings. The zero-order valence-electron chi connectivity index (χ0n) is 14.3. The maximum absolute atomic E-state index is 12.0. The van der Waals surface area contributed by atoms with Crippen molar-refractivity contribution in [3.05, 3.63) is 69.8 Å². The molecule has 0 radical (unpaired) electrons. The first-order valence-corrected chi connectivity index (χ1v) is 8.98. The molecular weight excluding hydrogens is 356 g/mol. The van der Waals surface area contributed by atoms with Gasteiger partial charge in [-0.25, -0.2) is 4.79 Å². The number of nitro benzene ring substituents is 1. The van der Waals surface area contributed by atoms with Gasteiger partial charge in [0.15, 0.2) is 6.61 Å². The Kier molecular flexibility index (Phi) is 6.74. The third-order valence-electron chi connectivity index (χ3n) is 3.62. The van der Waals surface area contributed by atoms with Crippen molar-refractivity contribution in [2.45, 2.75) is 17.9 Å². The second-order valence-electron chi connectivity index (χ2n) is 5.42. The number of benzene rings is 2. The van der Waals surface area contributed by atoms with Crippen LogP contribution in [-0.4, -0.2) is 29.7 Å². The smallest absolute Gasteiger partial charge is 0.338 e. The number of nitrogens with one attached hydrogen (secondary N) is 1. The second-order valence-corrected chi connectivity index (χ2v) is 6.27. The van der Waals surface area contributed by atoms with Crippen LogP contribution in [0.1, 0.15) is 28.9 Å². The van der Waals surface area contributed by atoms with Gasteiger partial charge in [0.2, 0.25) is 0 Å². The van der Waals surface area contributed by atoms with E-state index in [1.54, 1.807) is 6.26 Å². The fourth-order valence-electron chi connectivity index (χ4n) is 2.28. The molecule has 0 heterocycles. The number of esters is 1. The number of rotatable bonds is 7. The number of hydrogen-bond acceptors (Lipinski definition) is 6. The summed E-state index contributed by atoms with van der Waals surface area (Å²) in [4.78, 5) is 34.9. The molecule has 7 nitrogen and oxygen atoms in total. The molecule has 0 aromatic heterocycles. The third kappa shape index (κ3) is 5.06. The van der Waals surface area contributed by atoms with E-state index in [-0.39, 0.29) is 17.3 Å². The van der Waals surface area contributed by atoms with Crippen molar-refractivity contribution in [2.75, 3.05) is 12.9 Å². The first-order valence-electron chi connectivity index (χ1n) is 7.76. The van der Waals surface area contributed by atoms with Gasteiger partial charge in [0.25, 0.3) is 11.6 Å². The Labute approximate surface area is 154 Å². The highest BCUT2D eigenvalue weighted by molar-refractivity contribution is 7.98. The van der Waals surface area contributed by atoms with E-state index in [1.165, 1.54) is 23.9 Å². The summed E-state index contributed by atoms with van der Waals surface area (Å²) < 4.78 is 4.95. The number of amides is 1. The van der Waals surface area contributed by atoms with E-state index in [1.807, 2.05) is 37.3 Å². The van der Waals surface area contributed by atoms with E-state index in [2.05, 4.69) is 5.32 Å². The number of nitro groups is 1. The van der Waals surface area contributed by atoms with E-state index in [9.17, 15) is 19.7 Å². The first-order chi connectivity index (χ1) is 12.4. The lowest BCUT2D eigenvalue weighted by Crippen LogP contribution is -2.31. The maximum Gasteiger partial charge on any atom is 0.338 e. The number of carbonyl (C=O) groups is 2. The largest absolute Gasteiger partial charge is 0.452 e. The maximum atomic E-state index is 12.0. The monoisotopic (exact) mass is 374 g/mol. The highest BCUT2D eigenvalue weighted by atomic mass is 32.2. The van der Waals surface area contributed by atoms with Crippen LogP contribution in [-0.2, 0) is 9.53 Å². The van der Waals surface area contributed by atoms with Crippen LogP contribution >= 0.6 is 11.8 Å². The molecule has 0 saturated carbocycles. The summed E-state index contributed by atoms with van der Waals surface area (Å²) in [5, 5.41) is 13.8. The topological polar surface area (TPSA) is 98.5 Å². The molecule has 1 amide bonds. The molecular formula is C18H18N2O5S. The SMILES string of the molecule is CSc1ccc(C(=O)OCC(=O)N[C@@H](C)c2ccccc2)cc1[N+](=O)[O-]. The number of hydrogen-bond donors (Lipinski definition) is 1. The molecule has 136 valence electrons. The number of carbonyl (C=O) groups excluding carboxylic acids is 2. The van der Waals surface area contributed by atoms with Gasteiger partial charge in [0.1, 0.15) is 0 Å². The van der Waals surface area contributed by atoms with Crippen molar-refractivity contribution >= 4 is 29.3 Å². The van der Waals surface area contributed by atoms with Crippen LogP contribution in [0.5, 0.6) is 0 Å².